The van der Waals surface area contributed by atoms with E-state index in [1.165, 1.54) is 0 Å². The van der Waals surface area contributed by atoms with Crippen molar-refractivity contribution in [3.8, 4) is 17.1 Å². The standard InChI is InChI=1S/C15H20N4O2S/c1-17-14(12-5-3-4-6-13(12)20-2)16-19(15(17)22)11-18-7-9-21-10-8-18/h3-6H,7-11H2,1-2H3. The second-order valence-corrected chi connectivity index (χ2v) is 5.60. The van der Waals surface area contributed by atoms with Crippen LogP contribution in [0.4, 0.5) is 0 Å². The molecule has 1 aromatic carbocycles. The van der Waals surface area contributed by atoms with Crippen molar-refractivity contribution in [2.75, 3.05) is 33.4 Å². The Labute approximate surface area is 134 Å². The molecule has 0 radical (unpaired) electrons. The van der Waals surface area contributed by atoms with Gasteiger partial charge in [0.1, 0.15) is 5.75 Å². The number of aromatic nitrogens is 3. The van der Waals surface area contributed by atoms with Crippen molar-refractivity contribution < 1.29 is 9.47 Å². The molecule has 0 unspecified atom stereocenters. The van der Waals surface area contributed by atoms with E-state index in [1.54, 1.807) is 7.11 Å². The zero-order valence-corrected chi connectivity index (χ0v) is 13.7. The van der Waals surface area contributed by atoms with E-state index in [-0.39, 0.29) is 0 Å². The van der Waals surface area contributed by atoms with E-state index in [4.69, 9.17) is 26.8 Å². The van der Waals surface area contributed by atoms with Gasteiger partial charge in [-0.25, -0.2) is 4.68 Å². The second kappa shape index (κ2) is 6.60. The van der Waals surface area contributed by atoms with Gasteiger partial charge in [0.25, 0.3) is 0 Å². The molecule has 0 atom stereocenters. The molecule has 1 saturated heterocycles. The van der Waals surface area contributed by atoms with Crippen LogP contribution in [0.25, 0.3) is 11.4 Å². The summed E-state index contributed by atoms with van der Waals surface area (Å²) >= 11 is 5.53. The van der Waals surface area contributed by atoms with Gasteiger partial charge in [-0.3, -0.25) is 4.90 Å². The molecule has 118 valence electrons. The van der Waals surface area contributed by atoms with Crippen molar-refractivity contribution in [1.82, 2.24) is 19.2 Å². The number of hydrogen-bond donors (Lipinski definition) is 0. The minimum atomic E-state index is 0.686. The fourth-order valence-electron chi connectivity index (χ4n) is 2.58. The van der Waals surface area contributed by atoms with Crippen molar-refractivity contribution in [1.29, 1.82) is 0 Å². The molecular formula is C15H20N4O2S. The van der Waals surface area contributed by atoms with Crippen LogP contribution in [0.2, 0.25) is 0 Å². The summed E-state index contributed by atoms with van der Waals surface area (Å²) in [7, 11) is 3.60. The summed E-state index contributed by atoms with van der Waals surface area (Å²) in [6.07, 6.45) is 0. The van der Waals surface area contributed by atoms with Crippen molar-refractivity contribution >= 4 is 12.2 Å². The number of nitrogens with zero attached hydrogens (tertiary/aromatic N) is 4. The van der Waals surface area contributed by atoms with Gasteiger partial charge in [-0.1, -0.05) is 12.1 Å². The fourth-order valence-corrected chi connectivity index (χ4v) is 2.76. The molecule has 1 aromatic heterocycles. The van der Waals surface area contributed by atoms with Crippen molar-refractivity contribution in [3.05, 3.63) is 29.0 Å². The first-order valence-corrected chi connectivity index (χ1v) is 7.69. The first kappa shape index (κ1) is 15.2. The molecule has 1 aliphatic heterocycles. The lowest BCUT2D eigenvalue weighted by atomic mass is 10.2. The highest BCUT2D eigenvalue weighted by molar-refractivity contribution is 7.71. The maximum Gasteiger partial charge on any atom is 0.199 e. The molecule has 0 saturated carbocycles. The molecule has 0 spiro atoms. The third-order valence-corrected chi connectivity index (χ3v) is 4.31. The average molecular weight is 320 g/mol. The van der Waals surface area contributed by atoms with Crippen LogP contribution >= 0.6 is 12.2 Å². The van der Waals surface area contributed by atoms with Crippen LogP contribution in [0.5, 0.6) is 5.75 Å². The van der Waals surface area contributed by atoms with Crippen molar-refractivity contribution in [2.45, 2.75) is 6.67 Å². The summed E-state index contributed by atoms with van der Waals surface area (Å²) in [5.41, 5.74) is 0.944. The molecule has 0 N–H and O–H groups in total. The van der Waals surface area contributed by atoms with Crippen LogP contribution in [0.1, 0.15) is 0 Å². The largest absolute Gasteiger partial charge is 0.496 e. The normalized spacial score (nSPS) is 15.9. The summed E-state index contributed by atoms with van der Waals surface area (Å²) in [4.78, 5) is 2.29. The first-order valence-electron chi connectivity index (χ1n) is 7.28. The highest BCUT2D eigenvalue weighted by Gasteiger charge is 2.16. The van der Waals surface area contributed by atoms with Gasteiger partial charge in [-0.2, -0.15) is 5.10 Å². The number of morpholine rings is 1. The molecule has 22 heavy (non-hydrogen) atoms. The smallest absolute Gasteiger partial charge is 0.199 e. The second-order valence-electron chi connectivity index (χ2n) is 5.24. The lowest BCUT2D eigenvalue weighted by molar-refractivity contribution is 0.0210. The van der Waals surface area contributed by atoms with Crippen LogP contribution in [-0.4, -0.2) is 52.7 Å². The SMILES string of the molecule is COc1ccccc1-c1nn(CN2CCOCC2)c(=S)n1C. The molecule has 7 heteroatoms. The highest BCUT2D eigenvalue weighted by atomic mass is 32.1. The molecule has 2 aromatic rings. The Morgan fingerprint density at radius 3 is 2.73 bits per heavy atom. The van der Waals surface area contributed by atoms with Crippen LogP contribution in [0.15, 0.2) is 24.3 Å². The number of benzene rings is 1. The fraction of sp³-hybridized carbons (Fsp3) is 0.467. The van der Waals surface area contributed by atoms with Crippen LogP contribution in [-0.2, 0) is 18.5 Å². The maximum atomic E-state index is 5.53. The minimum absolute atomic E-state index is 0.686. The number of rotatable bonds is 4. The van der Waals surface area contributed by atoms with Crippen molar-refractivity contribution in [3.63, 3.8) is 0 Å². The predicted octanol–water partition coefficient (Wildman–Crippen LogP) is 1.92. The van der Waals surface area contributed by atoms with E-state index in [2.05, 4.69) is 4.90 Å². The third-order valence-electron chi connectivity index (χ3n) is 3.83. The summed E-state index contributed by atoms with van der Waals surface area (Å²) in [6, 6.07) is 7.85. The van der Waals surface area contributed by atoms with Gasteiger partial charge < -0.3 is 14.0 Å². The molecule has 1 fully saturated rings. The molecule has 0 aliphatic carbocycles. The molecule has 1 aliphatic rings. The predicted molar refractivity (Wildman–Crippen MR) is 86.4 cm³/mol. The Morgan fingerprint density at radius 1 is 1.27 bits per heavy atom. The van der Waals surface area contributed by atoms with Gasteiger partial charge in [0, 0.05) is 20.1 Å². The summed E-state index contributed by atoms with van der Waals surface area (Å²) in [5, 5.41) is 4.70. The first-order chi connectivity index (χ1) is 10.7. The minimum Gasteiger partial charge on any atom is -0.496 e. The van der Waals surface area contributed by atoms with E-state index in [9.17, 15) is 0 Å². The average Bonchev–Trinajstić information content (AvgIpc) is 2.84. The van der Waals surface area contributed by atoms with Crippen molar-refractivity contribution in [2.24, 2.45) is 7.05 Å². The lowest BCUT2D eigenvalue weighted by Gasteiger charge is -2.26. The zero-order chi connectivity index (χ0) is 15.5. The Morgan fingerprint density at radius 2 is 2.00 bits per heavy atom. The van der Waals surface area contributed by atoms with Crippen LogP contribution in [0.3, 0.4) is 0 Å². The van der Waals surface area contributed by atoms with E-state index in [0.717, 1.165) is 43.4 Å². The van der Waals surface area contributed by atoms with Gasteiger partial charge >= 0.3 is 0 Å². The number of para-hydroxylation sites is 1. The van der Waals surface area contributed by atoms with Gasteiger partial charge in [-0.15, -0.1) is 0 Å². The molecule has 2 heterocycles. The van der Waals surface area contributed by atoms with E-state index >= 15 is 0 Å². The van der Waals surface area contributed by atoms with E-state index in [1.807, 2.05) is 40.6 Å². The quantitative estimate of drug-likeness (QED) is 0.805. The number of methoxy groups -OCH3 is 1. The summed E-state index contributed by atoms with van der Waals surface area (Å²) in [5.74, 6) is 1.61. The van der Waals surface area contributed by atoms with Gasteiger partial charge in [0.2, 0.25) is 0 Å². The number of hydrogen-bond acceptors (Lipinski definition) is 5. The Kier molecular flexibility index (Phi) is 4.56. The topological polar surface area (TPSA) is 44.4 Å². The summed E-state index contributed by atoms with van der Waals surface area (Å²) < 4.78 is 15.3. The van der Waals surface area contributed by atoms with E-state index in [0.29, 0.717) is 11.4 Å². The van der Waals surface area contributed by atoms with Gasteiger partial charge in [-0.05, 0) is 24.4 Å². The van der Waals surface area contributed by atoms with Crippen LogP contribution < -0.4 is 4.74 Å². The lowest BCUT2D eigenvalue weighted by Crippen LogP contribution is -2.37. The van der Waals surface area contributed by atoms with E-state index < -0.39 is 0 Å². The molecule has 0 amide bonds. The maximum absolute atomic E-state index is 5.53. The Hall–Kier alpha value is -1.70. The van der Waals surface area contributed by atoms with Gasteiger partial charge in [0.15, 0.2) is 10.6 Å². The molecule has 0 bridgehead atoms. The molecular weight excluding hydrogens is 300 g/mol. The van der Waals surface area contributed by atoms with Crippen LogP contribution in [0, 0.1) is 4.77 Å². The molecule has 6 nitrogen and oxygen atoms in total. The third kappa shape index (κ3) is 2.92. The summed E-state index contributed by atoms with van der Waals surface area (Å²) in [6.45, 7) is 4.02. The highest BCUT2D eigenvalue weighted by Crippen LogP contribution is 2.28. The molecule has 3 rings (SSSR count). The Balaban J connectivity index is 1.93. The monoisotopic (exact) mass is 320 g/mol. The Bertz CT molecular complexity index is 704. The van der Waals surface area contributed by atoms with Gasteiger partial charge in [0.05, 0.1) is 32.6 Å². The zero-order valence-electron chi connectivity index (χ0n) is 12.9. The number of ether oxygens (including phenoxy) is 2.